The summed E-state index contributed by atoms with van der Waals surface area (Å²) in [5, 5.41) is -0.633. The number of rotatable bonds is 3. The van der Waals surface area contributed by atoms with E-state index in [0.29, 0.717) is 5.56 Å². The van der Waals surface area contributed by atoms with Crippen molar-refractivity contribution in [2.24, 2.45) is 0 Å². The Morgan fingerprint density at radius 1 is 1.00 bits per heavy atom. The molecule has 2 heteroatoms. The van der Waals surface area contributed by atoms with Crippen LogP contribution in [0.3, 0.4) is 0 Å². The first kappa shape index (κ1) is 14.8. The van der Waals surface area contributed by atoms with E-state index in [2.05, 4.69) is 20.8 Å². The molecule has 2 aromatic rings. The van der Waals surface area contributed by atoms with Crippen LogP contribution in [0.25, 0.3) is 0 Å². The van der Waals surface area contributed by atoms with E-state index in [4.69, 9.17) is 11.6 Å². The second-order valence-electron chi connectivity index (χ2n) is 5.97. The lowest BCUT2D eigenvalue weighted by Gasteiger charge is -2.20. The summed E-state index contributed by atoms with van der Waals surface area (Å²) >= 11 is 6.31. The minimum atomic E-state index is -0.633. The number of ketones is 1. The van der Waals surface area contributed by atoms with E-state index in [1.807, 2.05) is 54.6 Å². The smallest absolute Gasteiger partial charge is 0.185 e. The number of hydrogen-bond acceptors (Lipinski definition) is 1. The summed E-state index contributed by atoms with van der Waals surface area (Å²) in [6, 6.07) is 17.2. The van der Waals surface area contributed by atoms with Crippen LogP contribution in [-0.4, -0.2) is 5.78 Å². The molecule has 0 aliphatic rings. The molecule has 0 heterocycles. The van der Waals surface area contributed by atoms with Crippen molar-refractivity contribution in [2.45, 2.75) is 31.6 Å². The fraction of sp³-hybridized carbons (Fsp3) is 0.278. The molecule has 2 rings (SSSR count). The summed E-state index contributed by atoms with van der Waals surface area (Å²) in [7, 11) is 0. The second kappa shape index (κ2) is 5.80. The minimum Gasteiger partial charge on any atom is -0.292 e. The Morgan fingerprint density at radius 3 is 2.25 bits per heavy atom. The highest BCUT2D eigenvalue weighted by Crippen LogP contribution is 2.28. The highest BCUT2D eigenvalue weighted by Gasteiger charge is 2.21. The highest BCUT2D eigenvalue weighted by molar-refractivity contribution is 6.33. The van der Waals surface area contributed by atoms with Crippen molar-refractivity contribution in [2.75, 3.05) is 0 Å². The van der Waals surface area contributed by atoms with Crippen molar-refractivity contribution >= 4 is 17.4 Å². The molecule has 0 spiro atoms. The van der Waals surface area contributed by atoms with E-state index in [9.17, 15) is 4.79 Å². The van der Waals surface area contributed by atoms with Gasteiger partial charge in [-0.05, 0) is 22.6 Å². The van der Waals surface area contributed by atoms with Crippen molar-refractivity contribution in [1.29, 1.82) is 0 Å². The Morgan fingerprint density at radius 2 is 1.65 bits per heavy atom. The predicted octanol–water partition coefficient (Wildman–Crippen LogP) is 5.15. The van der Waals surface area contributed by atoms with Gasteiger partial charge in [-0.25, -0.2) is 0 Å². The Balaban J connectivity index is 2.30. The summed E-state index contributed by atoms with van der Waals surface area (Å²) < 4.78 is 0. The van der Waals surface area contributed by atoms with Gasteiger partial charge in [0.05, 0.1) is 0 Å². The maximum absolute atomic E-state index is 12.5. The molecule has 1 nitrogen and oxygen atoms in total. The van der Waals surface area contributed by atoms with Crippen molar-refractivity contribution in [3.8, 4) is 0 Å². The van der Waals surface area contributed by atoms with Crippen LogP contribution in [0.2, 0.25) is 0 Å². The van der Waals surface area contributed by atoms with E-state index >= 15 is 0 Å². The lowest BCUT2D eigenvalue weighted by Crippen LogP contribution is -2.13. The predicted molar refractivity (Wildman–Crippen MR) is 84.5 cm³/mol. The van der Waals surface area contributed by atoms with Crippen LogP contribution < -0.4 is 0 Å². The molecule has 20 heavy (non-hydrogen) atoms. The zero-order chi connectivity index (χ0) is 14.8. The number of benzene rings is 2. The number of alkyl halides is 1. The topological polar surface area (TPSA) is 17.1 Å². The van der Waals surface area contributed by atoms with Gasteiger partial charge in [0.1, 0.15) is 5.38 Å². The van der Waals surface area contributed by atoms with E-state index in [1.165, 1.54) is 0 Å². The standard InChI is InChI=1S/C18H19ClO/c1-18(2,3)15-11-7-10-14(12-15)17(20)16(19)13-8-5-4-6-9-13/h4-12,16H,1-3H3. The average Bonchev–Trinajstić information content (AvgIpc) is 2.46. The van der Waals surface area contributed by atoms with Crippen LogP contribution in [0.1, 0.15) is 47.6 Å². The van der Waals surface area contributed by atoms with Crippen LogP contribution in [0.4, 0.5) is 0 Å². The summed E-state index contributed by atoms with van der Waals surface area (Å²) in [6.45, 7) is 6.39. The van der Waals surface area contributed by atoms with Crippen LogP contribution in [0.15, 0.2) is 54.6 Å². The van der Waals surface area contributed by atoms with Crippen molar-refractivity contribution < 1.29 is 4.79 Å². The van der Waals surface area contributed by atoms with E-state index in [1.54, 1.807) is 0 Å². The number of halogens is 1. The quantitative estimate of drug-likeness (QED) is 0.563. The Labute approximate surface area is 125 Å². The van der Waals surface area contributed by atoms with Crippen LogP contribution in [0.5, 0.6) is 0 Å². The molecular formula is C18H19ClO. The Bertz CT molecular complexity index is 596. The summed E-state index contributed by atoms with van der Waals surface area (Å²) in [5.74, 6) is -0.0519. The van der Waals surface area contributed by atoms with Gasteiger partial charge in [0, 0.05) is 5.56 Å². The molecule has 0 saturated heterocycles. The summed E-state index contributed by atoms with van der Waals surface area (Å²) in [4.78, 5) is 12.5. The van der Waals surface area contributed by atoms with Gasteiger partial charge in [0.2, 0.25) is 0 Å². The fourth-order valence-corrected chi connectivity index (χ4v) is 2.33. The largest absolute Gasteiger partial charge is 0.292 e. The zero-order valence-corrected chi connectivity index (χ0v) is 12.8. The summed E-state index contributed by atoms with van der Waals surface area (Å²) in [5.41, 5.74) is 2.66. The maximum Gasteiger partial charge on any atom is 0.185 e. The molecule has 0 radical (unpaired) electrons. The lowest BCUT2D eigenvalue weighted by atomic mass is 9.85. The SMILES string of the molecule is CC(C)(C)c1cccc(C(=O)C(Cl)c2ccccc2)c1. The molecular weight excluding hydrogens is 268 g/mol. The second-order valence-corrected chi connectivity index (χ2v) is 6.40. The van der Waals surface area contributed by atoms with Gasteiger partial charge in [-0.2, -0.15) is 0 Å². The Hall–Kier alpha value is -1.60. The van der Waals surface area contributed by atoms with Crippen molar-refractivity contribution in [3.63, 3.8) is 0 Å². The average molecular weight is 287 g/mol. The molecule has 0 aliphatic heterocycles. The number of hydrogen-bond donors (Lipinski definition) is 0. The molecule has 2 aromatic carbocycles. The van der Waals surface area contributed by atoms with E-state index in [0.717, 1.165) is 11.1 Å². The van der Waals surface area contributed by atoms with Crippen LogP contribution in [0, 0.1) is 0 Å². The molecule has 0 aromatic heterocycles. The van der Waals surface area contributed by atoms with Gasteiger partial charge in [-0.3, -0.25) is 4.79 Å². The third kappa shape index (κ3) is 3.29. The first-order valence-corrected chi connectivity index (χ1v) is 7.17. The molecule has 1 unspecified atom stereocenters. The van der Waals surface area contributed by atoms with Gasteiger partial charge in [0.15, 0.2) is 5.78 Å². The highest BCUT2D eigenvalue weighted by atomic mass is 35.5. The monoisotopic (exact) mass is 286 g/mol. The molecule has 104 valence electrons. The molecule has 0 bridgehead atoms. The number of carbonyl (C=O) groups excluding carboxylic acids is 1. The van der Waals surface area contributed by atoms with Gasteiger partial charge < -0.3 is 0 Å². The third-order valence-electron chi connectivity index (χ3n) is 3.34. The van der Waals surface area contributed by atoms with E-state index in [-0.39, 0.29) is 11.2 Å². The minimum absolute atomic E-state index is 0.0187. The number of carbonyl (C=O) groups is 1. The van der Waals surface area contributed by atoms with Gasteiger partial charge >= 0.3 is 0 Å². The molecule has 0 fully saturated rings. The van der Waals surface area contributed by atoms with Crippen LogP contribution >= 0.6 is 11.6 Å². The Kier molecular flexibility index (Phi) is 4.29. The lowest BCUT2D eigenvalue weighted by molar-refractivity contribution is 0.0987. The maximum atomic E-state index is 12.5. The normalized spacial score (nSPS) is 13.0. The third-order valence-corrected chi connectivity index (χ3v) is 3.79. The number of Topliss-reactive ketones (excluding diaryl/α,β-unsaturated/α-hetero) is 1. The van der Waals surface area contributed by atoms with Crippen molar-refractivity contribution in [3.05, 3.63) is 71.3 Å². The van der Waals surface area contributed by atoms with Crippen molar-refractivity contribution in [1.82, 2.24) is 0 Å². The first-order chi connectivity index (χ1) is 9.39. The molecule has 0 N–H and O–H groups in total. The summed E-state index contributed by atoms with van der Waals surface area (Å²) in [6.07, 6.45) is 0. The van der Waals surface area contributed by atoms with Crippen LogP contribution in [-0.2, 0) is 5.41 Å². The molecule has 0 saturated carbocycles. The fourth-order valence-electron chi connectivity index (χ4n) is 2.06. The zero-order valence-electron chi connectivity index (χ0n) is 12.1. The van der Waals surface area contributed by atoms with Gasteiger partial charge in [-0.1, -0.05) is 69.3 Å². The molecule has 1 atom stereocenters. The van der Waals surface area contributed by atoms with Gasteiger partial charge in [-0.15, -0.1) is 11.6 Å². The van der Waals surface area contributed by atoms with E-state index < -0.39 is 5.38 Å². The first-order valence-electron chi connectivity index (χ1n) is 6.73. The van der Waals surface area contributed by atoms with Gasteiger partial charge in [0.25, 0.3) is 0 Å². The molecule has 0 amide bonds. The molecule has 0 aliphatic carbocycles.